The Hall–Kier alpha value is -1.64. The van der Waals surface area contributed by atoms with Gasteiger partial charge in [0, 0.05) is 6.61 Å². The molecule has 0 fully saturated rings. The van der Waals surface area contributed by atoms with Crippen LogP contribution in [0.2, 0.25) is 0 Å². The fourth-order valence-electron chi connectivity index (χ4n) is 4.39. The number of aliphatic hydroxyl groups excluding tert-OH is 1. The largest absolute Gasteiger partial charge is 0.396 e. The average Bonchev–Trinajstić information content (AvgIpc) is 2.74. The number of nitrogens with one attached hydrogen (secondary N) is 1. The lowest BCUT2D eigenvalue weighted by atomic mass is 9.80. The van der Waals surface area contributed by atoms with Crippen LogP contribution >= 0.6 is 0 Å². The molecule has 2 aromatic rings. The minimum Gasteiger partial charge on any atom is -0.396 e. The van der Waals surface area contributed by atoms with Crippen molar-refractivity contribution in [2.45, 2.75) is 57.4 Å². The smallest absolute Gasteiger partial charge is 0.0667 e. The molecule has 0 bridgehead atoms. The van der Waals surface area contributed by atoms with E-state index in [9.17, 15) is 0 Å². The van der Waals surface area contributed by atoms with Crippen molar-refractivity contribution in [1.82, 2.24) is 5.32 Å². The van der Waals surface area contributed by atoms with Gasteiger partial charge in [-0.2, -0.15) is 0 Å². The van der Waals surface area contributed by atoms with Gasteiger partial charge < -0.3 is 10.4 Å². The quantitative estimate of drug-likeness (QED) is 0.715. The fourth-order valence-corrected chi connectivity index (χ4v) is 4.39. The van der Waals surface area contributed by atoms with Crippen LogP contribution in [-0.4, -0.2) is 18.3 Å². The number of fused-ring (bicyclic) bond motifs is 2. The normalized spacial score (nSPS) is 22.1. The second-order valence-electron chi connectivity index (χ2n) is 7.42. The Kier molecular flexibility index (Phi) is 5.93. The van der Waals surface area contributed by atoms with E-state index >= 15 is 0 Å². The van der Waals surface area contributed by atoms with E-state index in [-0.39, 0.29) is 12.1 Å². The van der Waals surface area contributed by atoms with Gasteiger partial charge in [0.1, 0.15) is 0 Å². The Labute approximate surface area is 152 Å². The Bertz CT molecular complexity index is 696. The highest BCUT2D eigenvalue weighted by molar-refractivity contribution is 5.50. The summed E-state index contributed by atoms with van der Waals surface area (Å²) < 4.78 is 0. The summed E-state index contributed by atoms with van der Waals surface area (Å²) in [5.74, 6) is 0.586. The monoisotopic (exact) mass is 337 g/mol. The molecular formula is C23H31NO. The first kappa shape index (κ1) is 18.2. The van der Waals surface area contributed by atoms with Crippen molar-refractivity contribution in [3.05, 3.63) is 70.8 Å². The van der Waals surface area contributed by atoms with E-state index < -0.39 is 0 Å². The molecule has 0 heterocycles. The standard InChI is InChI=1S/C23H31NO/c1-3-10-18-17-19-11-4-6-13-21(19)23(2,24-15-8-9-16-25)22-14-7-5-12-20(18)22/h4-7,11-14,18,24-25H,3,8-10,15-17H2,1-2H3/t18-,23+/m1/s1. The molecule has 0 aliphatic heterocycles. The minimum absolute atomic E-state index is 0.175. The Morgan fingerprint density at radius 2 is 1.76 bits per heavy atom. The zero-order valence-electron chi connectivity index (χ0n) is 15.6. The lowest BCUT2D eigenvalue weighted by Gasteiger charge is -2.34. The van der Waals surface area contributed by atoms with Gasteiger partial charge in [-0.15, -0.1) is 0 Å². The molecule has 0 saturated carbocycles. The van der Waals surface area contributed by atoms with Crippen molar-refractivity contribution in [2.24, 2.45) is 0 Å². The van der Waals surface area contributed by atoms with Gasteiger partial charge in [-0.1, -0.05) is 61.9 Å². The number of rotatable bonds is 7. The van der Waals surface area contributed by atoms with Crippen molar-refractivity contribution in [1.29, 1.82) is 0 Å². The second kappa shape index (κ2) is 8.16. The first-order chi connectivity index (χ1) is 12.2. The van der Waals surface area contributed by atoms with E-state index in [0.29, 0.717) is 5.92 Å². The summed E-state index contributed by atoms with van der Waals surface area (Å²) in [5, 5.41) is 12.9. The molecule has 2 nitrogen and oxygen atoms in total. The van der Waals surface area contributed by atoms with Crippen molar-refractivity contribution < 1.29 is 5.11 Å². The van der Waals surface area contributed by atoms with E-state index in [4.69, 9.17) is 5.11 Å². The van der Waals surface area contributed by atoms with E-state index in [1.165, 1.54) is 35.1 Å². The highest BCUT2D eigenvalue weighted by atomic mass is 16.2. The topological polar surface area (TPSA) is 32.3 Å². The SMILES string of the molecule is CCC[C@@H]1Cc2ccccc2[C@](C)(NCCCCO)c2ccccc21. The van der Waals surface area contributed by atoms with Gasteiger partial charge >= 0.3 is 0 Å². The third-order valence-corrected chi connectivity index (χ3v) is 5.66. The van der Waals surface area contributed by atoms with Gasteiger partial charge in [-0.3, -0.25) is 0 Å². The van der Waals surface area contributed by atoms with Crippen LogP contribution in [0.4, 0.5) is 0 Å². The molecule has 25 heavy (non-hydrogen) atoms. The molecule has 2 N–H and O–H groups in total. The lowest BCUT2D eigenvalue weighted by Crippen LogP contribution is -2.42. The maximum atomic E-state index is 9.09. The maximum Gasteiger partial charge on any atom is 0.0667 e. The van der Waals surface area contributed by atoms with Gasteiger partial charge in [0.15, 0.2) is 0 Å². The second-order valence-corrected chi connectivity index (χ2v) is 7.42. The summed E-state index contributed by atoms with van der Waals surface area (Å²) in [6.07, 6.45) is 5.41. The van der Waals surface area contributed by atoms with Crippen LogP contribution in [0.25, 0.3) is 0 Å². The van der Waals surface area contributed by atoms with Crippen LogP contribution in [-0.2, 0) is 12.0 Å². The number of benzene rings is 2. The first-order valence-corrected chi connectivity index (χ1v) is 9.74. The van der Waals surface area contributed by atoms with Crippen LogP contribution in [0.3, 0.4) is 0 Å². The van der Waals surface area contributed by atoms with Crippen LogP contribution in [0.15, 0.2) is 48.5 Å². The fraction of sp³-hybridized carbons (Fsp3) is 0.478. The summed E-state index contributed by atoms with van der Waals surface area (Å²) in [6, 6.07) is 17.9. The van der Waals surface area contributed by atoms with Gasteiger partial charge in [0.2, 0.25) is 0 Å². The summed E-state index contributed by atoms with van der Waals surface area (Å²) in [7, 11) is 0. The van der Waals surface area contributed by atoms with Crippen molar-refractivity contribution >= 4 is 0 Å². The molecule has 2 heteroatoms. The number of hydrogen-bond acceptors (Lipinski definition) is 2. The predicted molar refractivity (Wildman–Crippen MR) is 105 cm³/mol. The predicted octanol–water partition coefficient (Wildman–Crippen LogP) is 4.75. The van der Waals surface area contributed by atoms with Crippen LogP contribution in [0.5, 0.6) is 0 Å². The third-order valence-electron chi connectivity index (χ3n) is 5.66. The number of aliphatic hydroxyl groups is 1. The molecule has 134 valence electrons. The molecule has 0 spiro atoms. The molecule has 0 amide bonds. The Morgan fingerprint density at radius 3 is 2.52 bits per heavy atom. The third kappa shape index (κ3) is 3.65. The maximum absolute atomic E-state index is 9.09. The van der Waals surface area contributed by atoms with Crippen molar-refractivity contribution in [2.75, 3.05) is 13.2 Å². The highest BCUT2D eigenvalue weighted by Crippen LogP contribution is 2.42. The zero-order valence-corrected chi connectivity index (χ0v) is 15.6. The van der Waals surface area contributed by atoms with Crippen LogP contribution in [0.1, 0.15) is 67.7 Å². The minimum atomic E-state index is -0.175. The lowest BCUT2D eigenvalue weighted by molar-refractivity contribution is 0.280. The molecule has 0 aromatic heterocycles. The van der Waals surface area contributed by atoms with Crippen molar-refractivity contribution in [3.8, 4) is 0 Å². The molecule has 3 rings (SSSR count). The molecule has 0 unspecified atom stereocenters. The van der Waals surface area contributed by atoms with Gasteiger partial charge in [-0.05, 0) is 67.3 Å². The molecule has 1 aliphatic rings. The van der Waals surface area contributed by atoms with E-state index in [2.05, 4.69) is 67.7 Å². The summed E-state index contributed by atoms with van der Waals surface area (Å²) >= 11 is 0. The van der Waals surface area contributed by atoms with E-state index in [1.54, 1.807) is 0 Å². The molecule has 2 aromatic carbocycles. The van der Waals surface area contributed by atoms with E-state index in [1.807, 2.05) is 0 Å². The van der Waals surface area contributed by atoms with Crippen LogP contribution < -0.4 is 5.32 Å². The first-order valence-electron chi connectivity index (χ1n) is 9.74. The molecule has 2 atom stereocenters. The zero-order chi connectivity index (χ0) is 17.7. The Balaban J connectivity index is 2.07. The molecular weight excluding hydrogens is 306 g/mol. The number of unbranched alkanes of at least 4 members (excludes halogenated alkanes) is 1. The molecule has 0 saturated heterocycles. The molecule has 0 radical (unpaired) electrons. The van der Waals surface area contributed by atoms with Crippen molar-refractivity contribution in [3.63, 3.8) is 0 Å². The highest BCUT2D eigenvalue weighted by Gasteiger charge is 2.36. The van der Waals surface area contributed by atoms with E-state index in [0.717, 1.165) is 25.8 Å². The van der Waals surface area contributed by atoms with Gasteiger partial charge in [-0.25, -0.2) is 0 Å². The average molecular weight is 338 g/mol. The van der Waals surface area contributed by atoms with Crippen LogP contribution in [0, 0.1) is 0 Å². The number of hydrogen-bond donors (Lipinski definition) is 2. The summed E-state index contributed by atoms with van der Waals surface area (Å²) in [4.78, 5) is 0. The van der Waals surface area contributed by atoms with Gasteiger partial charge in [0.25, 0.3) is 0 Å². The Morgan fingerprint density at radius 1 is 1.04 bits per heavy atom. The molecule has 1 aliphatic carbocycles. The van der Waals surface area contributed by atoms with Gasteiger partial charge in [0.05, 0.1) is 5.54 Å². The summed E-state index contributed by atoms with van der Waals surface area (Å²) in [6.45, 7) is 5.80. The summed E-state index contributed by atoms with van der Waals surface area (Å²) in [5.41, 5.74) is 5.62.